The summed E-state index contributed by atoms with van der Waals surface area (Å²) in [6.45, 7) is 3.84. The first-order chi connectivity index (χ1) is 9.58. The molecule has 0 bridgehead atoms. The van der Waals surface area contributed by atoms with E-state index in [0.717, 1.165) is 17.2 Å². The summed E-state index contributed by atoms with van der Waals surface area (Å²) in [5.41, 5.74) is 0.555. The van der Waals surface area contributed by atoms with Gasteiger partial charge < -0.3 is 9.64 Å². The molecule has 7 heteroatoms. The van der Waals surface area contributed by atoms with Crippen LogP contribution in [0.2, 0.25) is 0 Å². The smallest absolute Gasteiger partial charge is 0.240 e. The molecule has 3 rings (SSSR count). The van der Waals surface area contributed by atoms with E-state index < -0.39 is 5.60 Å². The Balaban J connectivity index is 1.74. The van der Waals surface area contributed by atoms with Crippen LogP contribution in [0.3, 0.4) is 0 Å². The predicted octanol–water partition coefficient (Wildman–Crippen LogP) is 0.157. The molecular formula is C13H20N4O2S. The van der Waals surface area contributed by atoms with Gasteiger partial charge in [0.2, 0.25) is 5.91 Å². The lowest BCUT2D eigenvalue weighted by Gasteiger charge is -2.40. The van der Waals surface area contributed by atoms with Crippen LogP contribution in [0.15, 0.2) is 12.4 Å². The number of hydrogen-bond donors (Lipinski definition) is 1. The highest BCUT2D eigenvalue weighted by molar-refractivity contribution is 7.99. The van der Waals surface area contributed by atoms with Crippen molar-refractivity contribution in [3.8, 4) is 0 Å². The van der Waals surface area contributed by atoms with Crippen LogP contribution >= 0.6 is 11.8 Å². The summed E-state index contributed by atoms with van der Waals surface area (Å²) in [6.07, 6.45) is 3.77. The van der Waals surface area contributed by atoms with Crippen molar-refractivity contribution in [2.24, 2.45) is 7.05 Å². The zero-order valence-electron chi connectivity index (χ0n) is 11.8. The summed E-state index contributed by atoms with van der Waals surface area (Å²) in [5.74, 6) is 1.91. The molecule has 3 heterocycles. The van der Waals surface area contributed by atoms with Crippen molar-refractivity contribution >= 4 is 17.7 Å². The summed E-state index contributed by atoms with van der Waals surface area (Å²) in [6, 6.07) is -0.0451. The van der Waals surface area contributed by atoms with Gasteiger partial charge in [-0.1, -0.05) is 0 Å². The highest BCUT2D eigenvalue weighted by atomic mass is 32.2. The fourth-order valence-electron chi connectivity index (χ4n) is 2.70. The fraction of sp³-hybridized carbons (Fsp3) is 0.692. The fourth-order valence-corrected chi connectivity index (χ4v) is 3.63. The number of aromatic nitrogens is 2. The Morgan fingerprint density at radius 2 is 2.50 bits per heavy atom. The number of rotatable bonds is 2. The van der Waals surface area contributed by atoms with Gasteiger partial charge in [-0.3, -0.25) is 14.8 Å². The van der Waals surface area contributed by atoms with Gasteiger partial charge >= 0.3 is 0 Å². The van der Waals surface area contributed by atoms with Crippen LogP contribution in [0.5, 0.6) is 0 Å². The molecule has 0 radical (unpaired) electrons. The molecular weight excluding hydrogens is 276 g/mol. The molecule has 1 aromatic rings. The third-order valence-corrected chi connectivity index (χ3v) is 4.86. The van der Waals surface area contributed by atoms with Crippen LogP contribution in [0, 0.1) is 0 Å². The van der Waals surface area contributed by atoms with Gasteiger partial charge in [-0.2, -0.15) is 5.10 Å². The van der Waals surface area contributed by atoms with E-state index in [1.54, 1.807) is 16.4 Å². The molecule has 0 saturated carbocycles. The molecule has 6 nitrogen and oxygen atoms in total. The number of morpholine rings is 1. The topological polar surface area (TPSA) is 59.4 Å². The van der Waals surface area contributed by atoms with Crippen LogP contribution in [0.1, 0.15) is 12.5 Å². The summed E-state index contributed by atoms with van der Waals surface area (Å²) < 4.78 is 7.70. The zero-order valence-corrected chi connectivity index (χ0v) is 12.7. The molecule has 1 amide bonds. The van der Waals surface area contributed by atoms with Gasteiger partial charge in [0.15, 0.2) is 0 Å². The summed E-state index contributed by atoms with van der Waals surface area (Å²) in [5, 5.41) is 7.44. The molecule has 0 spiro atoms. The van der Waals surface area contributed by atoms with Crippen LogP contribution < -0.4 is 5.32 Å². The maximum atomic E-state index is 12.5. The highest BCUT2D eigenvalue weighted by Crippen LogP contribution is 2.29. The van der Waals surface area contributed by atoms with E-state index in [1.807, 2.05) is 31.3 Å². The molecule has 2 aliphatic rings. The predicted molar refractivity (Wildman–Crippen MR) is 77.3 cm³/mol. The molecule has 2 aliphatic heterocycles. The Morgan fingerprint density at radius 1 is 1.65 bits per heavy atom. The zero-order chi connectivity index (χ0) is 14.2. The number of carbonyl (C=O) groups is 1. The van der Waals surface area contributed by atoms with Crippen molar-refractivity contribution in [2.45, 2.75) is 18.6 Å². The summed E-state index contributed by atoms with van der Waals surface area (Å²) in [7, 11) is 1.89. The maximum absolute atomic E-state index is 12.5. The number of nitrogens with one attached hydrogen (secondary N) is 1. The number of thioether (sulfide) groups is 1. The summed E-state index contributed by atoms with van der Waals surface area (Å²) in [4.78, 5) is 14.4. The quantitative estimate of drug-likeness (QED) is 0.842. The minimum absolute atomic E-state index is 0.0451. The van der Waals surface area contributed by atoms with Crippen molar-refractivity contribution in [1.82, 2.24) is 20.0 Å². The first-order valence-electron chi connectivity index (χ1n) is 6.81. The lowest BCUT2D eigenvalue weighted by atomic mass is 9.96. The molecule has 110 valence electrons. The monoisotopic (exact) mass is 296 g/mol. The van der Waals surface area contributed by atoms with E-state index in [4.69, 9.17) is 4.74 Å². The second kappa shape index (κ2) is 5.38. The van der Waals surface area contributed by atoms with E-state index in [1.165, 1.54) is 0 Å². The SMILES string of the molecule is Cn1cc(C2(C)CN(C(=O)C3CSCN3)CCO2)cn1. The van der Waals surface area contributed by atoms with Crippen molar-refractivity contribution < 1.29 is 9.53 Å². The van der Waals surface area contributed by atoms with Crippen molar-refractivity contribution in [2.75, 3.05) is 31.3 Å². The Morgan fingerprint density at radius 3 is 3.15 bits per heavy atom. The number of nitrogens with zero attached hydrogens (tertiary/aromatic N) is 3. The molecule has 0 aromatic carbocycles. The number of ether oxygens (including phenoxy) is 1. The third kappa shape index (κ3) is 2.57. The molecule has 1 N–H and O–H groups in total. The third-order valence-electron chi connectivity index (χ3n) is 3.92. The van der Waals surface area contributed by atoms with Crippen LogP contribution in [0.25, 0.3) is 0 Å². The average molecular weight is 296 g/mol. The molecule has 20 heavy (non-hydrogen) atoms. The van der Waals surface area contributed by atoms with Gasteiger partial charge in [0.1, 0.15) is 5.60 Å². The van der Waals surface area contributed by atoms with Crippen LogP contribution in [-0.2, 0) is 22.2 Å². The van der Waals surface area contributed by atoms with Gasteiger partial charge in [-0.05, 0) is 6.92 Å². The minimum Gasteiger partial charge on any atom is -0.367 e. The Hall–Kier alpha value is -1.05. The van der Waals surface area contributed by atoms with E-state index in [0.29, 0.717) is 19.7 Å². The molecule has 0 aliphatic carbocycles. The van der Waals surface area contributed by atoms with Crippen LogP contribution in [0.4, 0.5) is 0 Å². The van der Waals surface area contributed by atoms with Crippen LogP contribution in [-0.4, -0.2) is 58.0 Å². The molecule has 1 aromatic heterocycles. The highest BCUT2D eigenvalue weighted by Gasteiger charge is 2.38. The van der Waals surface area contributed by atoms with Crippen molar-refractivity contribution in [3.05, 3.63) is 18.0 Å². The van der Waals surface area contributed by atoms with E-state index in [2.05, 4.69) is 10.4 Å². The minimum atomic E-state index is -0.464. The van der Waals surface area contributed by atoms with Gasteiger partial charge in [-0.25, -0.2) is 0 Å². The number of hydrogen-bond acceptors (Lipinski definition) is 5. The Labute approximate surface area is 122 Å². The Bertz CT molecular complexity index is 500. The normalized spacial score (nSPS) is 30.7. The van der Waals surface area contributed by atoms with Gasteiger partial charge in [0.25, 0.3) is 0 Å². The molecule has 2 fully saturated rings. The average Bonchev–Trinajstić information content (AvgIpc) is 3.09. The largest absolute Gasteiger partial charge is 0.367 e. The molecule has 2 saturated heterocycles. The maximum Gasteiger partial charge on any atom is 0.240 e. The van der Waals surface area contributed by atoms with Crippen molar-refractivity contribution in [1.29, 1.82) is 0 Å². The van der Waals surface area contributed by atoms with Crippen molar-refractivity contribution in [3.63, 3.8) is 0 Å². The molecule has 2 atom stereocenters. The van der Waals surface area contributed by atoms with E-state index >= 15 is 0 Å². The first kappa shape index (κ1) is 13.9. The van der Waals surface area contributed by atoms with Gasteiger partial charge in [-0.15, -0.1) is 11.8 Å². The summed E-state index contributed by atoms with van der Waals surface area (Å²) >= 11 is 1.77. The number of amides is 1. The second-order valence-electron chi connectivity index (χ2n) is 5.51. The lowest BCUT2D eigenvalue weighted by molar-refractivity contribution is -0.151. The standard InChI is InChI=1S/C13H20N4O2S/c1-13(10-5-15-16(2)6-10)8-17(3-4-19-13)12(18)11-7-20-9-14-11/h5-6,11,14H,3-4,7-9H2,1-2H3. The van der Waals surface area contributed by atoms with Gasteiger partial charge in [0.05, 0.1) is 25.4 Å². The lowest BCUT2D eigenvalue weighted by Crippen LogP contribution is -2.54. The second-order valence-corrected chi connectivity index (χ2v) is 6.54. The number of aryl methyl sites for hydroxylation is 1. The van der Waals surface area contributed by atoms with Gasteiger partial charge in [0, 0.05) is 37.0 Å². The Kier molecular flexibility index (Phi) is 3.74. The van der Waals surface area contributed by atoms with E-state index in [-0.39, 0.29) is 11.9 Å². The first-order valence-corrected chi connectivity index (χ1v) is 7.97. The van der Waals surface area contributed by atoms with E-state index in [9.17, 15) is 4.79 Å². The number of carbonyl (C=O) groups excluding carboxylic acids is 1. The molecule has 2 unspecified atom stereocenters.